The molecule has 0 radical (unpaired) electrons. The Hall–Kier alpha value is -0.585. The standard InChI is InChI=1S/C8H14BO6P/c1-3-5-6(4-2)8(16(12,13)14)15-7(5)9(10)11/h10-11H,3-4H2,1-2H3,(H2,12,13,14). The highest BCUT2D eigenvalue weighted by Crippen LogP contribution is 2.36. The van der Waals surface area contributed by atoms with E-state index in [2.05, 4.69) is 0 Å². The van der Waals surface area contributed by atoms with Crippen LogP contribution in [-0.4, -0.2) is 27.0 Å². The molecule has 8 heteroatoms. The molecule has 1 aromatic rings. The van der Waals surface area contributed by atoms with Gasteiger partial charge in [-0.25, -0.2) is 0 Å². The first-order chi connectivity index (χ1) is 7.32. The number of hydrogen-bond acceptors (Lipinski definition) is 4. The summed E-state index contributed by atoms with van der Waals surface area (Å²) >= 11 is 0. The SMILES string of the molecule is CCc1c(B(O)O)oc(P(=O)(O)O)c1CC. The maximum absolute atomic E-state index is 11.2. The van der Waals surface area contributed by atoms with E-state index in [9.17, 15) is 4.57 Å². The molecule has 90 valence electrons. The minimum Gasteiger partial charge on any atom is -0.456 e. The van der Waals surface area contributed by atoms with Crippen molar-refractivity contribution in [1.29, 1.82) is 0 Å². The summed E-state index contributed by atoms with van der Waals surface area (Å²) in [6, 6.07) is 0. The first kappa shape index (κ1) is 13.5. The van der Waals surface area contributed by atoms with Crippen molar-refractivity contribution in [1.82, 2.24) is 0 Å². The predicted molar refractivity (Wildman–Crippen MR) is 59.0 cm³/mol. The van der Waals surface area contributed by atoms with Crippen molar-refractivity contribution in [2.45, 2.75) is 26.7 Å². The summed E-state index contributed by atoms with van der Waals surface area (Å²) in [7, 11) is -6.38. The van der Waals surface area contributed by atoms with Gasteiger partial charge in [-0.05, 0) is 18.4 Å². The Morgan fingerprint density at radius 1 is 1.19 bits per heavy atom. The number of hydrogen-bond donors (Lipinski definition) is 4. The summed E-state index contributed by atoms with van der Waals surface area (Å²) in [5.41, 5.74) is 0.169. The summed E-state index contributed by atoms with van der Waals surface area (Å²) < 4.78 is 16.0. The van der Waals surface area contributed by atoms with E-state index >= 15 is 0 Å². The van der Waals surface area contributed by atoms with Gasteiger partial charge in [0.1, 0.15) is 5.66 Å². The fraction of sp³-hybridized carbons (Fsp3) is 0.500. The molecule has 0 bridgehead atoms. The van der Waals surface area contributed by atoms with Crippen LogP contribution >= 0.6 is 7.60 Å². The predicted octanol–water partition coefficient (Wildman–Crippen LogP) is -1.11. The van der Waals surface area contributed by atoms with Gasteiger partial charge in [-0.1, -0.05) is 13.8 Å². The molecule has 4 N–H and O–H groups in total. The highest BCUT2D eigenvalue weighted by molar-refractivity contribution is 7.59. The lowest BCUT2D eigenvalue weighted by atomic mass is 9.82. The van der Waals surface area contributed by atoms with E-state index in [1.165, 1.54) is 0 Å². The number of rotatable bonds is 4. The van der Waals surface area contributed by atoms with Crippen LogP contribution < -0.4 is 11.2 Å². The van der Waals surface area contributed by atoms with Gasteiger partial charge in [-0.2, -0.15) is 0 Å². The fourth-order valence-electron chi connectivity index (χ4n) is 1.70. The lowest BCUT2D eigenvalue weighted by molar-refractivity contribution is 0.375. The summed E-state index contributed by atoms with van der Waals surface area (Å²) in [6.07, 6.45) is 0.777. The van der Waals surface area contributed by atoms with Crippen LogP contribution in [-0.2, 0) is 17.4 Å². The molecule has 0 aliphatic heterocycles. The van der Waals surface area contributed by atoms with Gasteiger partial charge in [-0.3, -0.25) is 4.57 Å². The van der Waals surface area contributed by atoms with Crippen molar-refractivity contribution in [2.75, 3.05) is 0 Å². The zero-order valence-corrected chi connectivity index (χ0v) is 9.94. The quantitative estimate of drug-likeness (QED) is 0.397. The van der Waals surface area contributed by atoms with Crippen LogP contribution in [0.25, 0.3) is 0 Å². The van der Waals surface area contributed by atoms with E-state index < -0.39 is 20.2 Å². The molecule has 1 heterocycles. The van der Waals surface area contributed by atoms with Crippen LogP contribution in [0.1, 0.15) is 25.0 Å². The van der Waals surface area contributed by atoms with Gasteiger partial charge in [-0.15, -0.1) is 0 Å². The second-order valence-corrected chi connectivity index (χ2v) is 4.85. The Balaban J connectivity index is 3.47. The van der Waals surface area contributed by atoms with Crippen LogP contribution in [0.3, 0.4) is 0 Å². The Morgan fingerprint density at radius 3 is 2.00 bits per heavy atom. The third-order valence-corrected chi connectivity index (χ3v) is 3.22. The first-order valence-electron chi connectivity index (χ1n) is 4.89. The second kappa shape index (κ2) is 4.73. The zero-order valence-electron chi connectivity index (χ0n) is 9.04. The van der Waals surface area contributed by atoms with E-state index in [-0.39, 0.29) is 5.66 Å². The van der Waals surface area contributed by atoms with Crippen LogP contribution in [0.5, 0.6) is 0 Å². The van der Waals surface area contributed by atoms with Gasteiger partial charge in [0, 0.05) is 5.56 Å². The molecule has 0 aliphatic rings. The highest BCUT2D eigenvalue weighted by Gasteiger charge is 2.33. The molecule has 1 rings (SSSR count). The largest absolute Gasteiger partial charge is 0.526 e. The molecule has 0 fully saturated rings. The molecule has 0 aromatic carbocycles. The van der Waals surface area contributed by atoms with Gasteiger partial charge in [0.2, 0.25) is 5.50 Å². The molecule has 16 heavy (non-hydrogen) atoms. The molecule has 6 nitrogen and oxygen atoms in total. The minimum atomic E-state index is -4.52. The van der Waals surface area contributed by atoms with Gasteiger partial charge in [0.25, 0.3) is 0 Å². The van der Waals surface area contributed by atoms with E-state index in [0.717, 1.165) is 0 Å². The summed E-state index contributed by atoms with van der Waals surface area (Å²) in [4.78, 5) is 18.1. The lowest BCUT2D eigenvalue weighted by Crippen LogP contribution is -2.31. The summed E-state index contributed by atoms with van der Waals surface area (Å²) in [5, 5.41) is 18.1. The van der Waals surface area contributed by atoms with Gasteiger partial charge in [0.15, 0.2) is 0 Å². The minimum absolute atomic E-state index is 0.183. The van der Waals surface area contributed by atoms with Crippen LogP contribution in [0, 0.1) is 0 Å². The van der Waals surface area contributed by atoms with E-state index in [4.69, 9.17) is 24.3 Å². The van der Waals surface area contributed by atoms with Crippen LogP contribution in [0.4, 0.5) is 0 Å². The Bertz CT molecular complexity index is 420. The number of furan rings is 1. The maximum atomic E-state index is 11.2. The van der Waals surface area contributed by atoms with E-state index in [1.807, 2.05) is 0 Å². The Labute approximate surface area is 93.2 Å². The molecule has 0 saturated carbocycles. The van der Waals surface area contributed by atoms with E-state index in [1.54, 1.807) is 13.8 Å². The van der Waals surface area contributed by atoms with E-state index in [0.29, 0.717) is 24.0 Å². The molecule has 0 atom stereocenters. The van der Waals surface area contributed by atoms with Crippen molar-refractivity contribution in [3.8, 4) is 0 Å². The van der Waals surface area contributed by atoms with Crippen molar-refractivity contribution in [2.24, 2.45) is 0 Å². The molecule has 0 unspecified atom stereocenters. The lowest BCUT2D eigenvalue weighted by Gasteiger charge is -2.02. The maximum Gasteiger partial charge on any atom is 0.526 e. The smallest absolute Gasteiger partial charge is 0.456 e. The average Bonchev–Trinajstić information content (AvgIpc) is 2.54. The molecule has 0 amide bonds. The molecule has 0 aliphatic carbocycles. The second-order valence-electron chi connectivity index (χ2n) is 3.35. The van der Waals surface area contributed by atoms with Crippen molar-refractivity contribution in [3.63, 3.8) is 0 Å². The monoisotopic (exact) mass is 248 g/mol. The van der Waals surface area contributed by atoms with Crippen LogP contribution in [0.2, 0.25) is 0 Å². The van der Waals surface area contributed by atoms with Gasteiger partial charge in [0.05, 0.1) is 0 Å². The highest BCUT2D eigenvalue weighted by atomic mass is 31.2. The van der Waals surface area contributed by atoms with Crippen molar-refractivity contribution >= 4 is 25.9 Å². The van der Waals surface area contributed by atoms with Crippen molar-refractivity contribution in [3.05, 3.63) is 11.1 Å². The van der Waals surface area contributed by atoms with Crippen LogP contribution in [0.15, 0.2) is 4.42 Å². The first-order valence-corrected chi connectivity index (χ1v) is 6.50. The van der Waals surface area contributed by atoms with Gasteiger partial charge < -0.3 is 24.3 Å². The summed E-state index contributed by atoms with van der Waals surface area (Å²) in [5.74, 6) is 0. The third kappa shape index (κ3) is 2.39. The fourth-order valence-corrected chi connectivity index (χ4v) is 2.56. The van der Waals surface area contributed by atoms with Gasteiger partial charge >= 0.3 is 14.7 Å². The molecular formula is C8H14BO6P. The Morgan fingerprint density at radius 2 is 1.69 bits per heavy atom. The third-order valence-electron chi connectivity index (χ3n) is 2.33. The molecular weight excluding hydrogens is 234 g/mol. The zero-order chi connectivity index (χ0) is 12.5. The topological polar surface area (TPSA) is 111 Å². The Kier molecular flexibility index (Phi) is 3.99. The molecule has 1 aromatic heterocycles. The molecule has 0 spiro atoms. The summed E-state index contributed by atoms with van der Waals surface area (Å²) in [6.45, 7) is 3.47. The normalized spacial score (nSPS) is 11.9. The average molecular weight is 248 g/mol. The molecule has 0 saturated heterocycles. The van der Waals surface area contributed by atoms with Crippen molar-refractivity contribution < 1.29 is 28.8 Å².